The van der Waals surface area contributed by atoms with E-state index in [2.05, 4.69) is 10.4 Å². The summed E-state index contributed by atoms with van der Waals surface area (Å²) in [5, 5.41) is 8.31. The Morgan fingerprint density at radius 2 is 2.12 bits per heavy atom. The van der Waals surface area contributed by atoms with Crippen LogP contribution in [0.2, 0.25) is 0 Å². The van der Waals surface area contributed by atoms with Crippen molar-refractivity contribution in [2.24, 2.45) is 0 Å². The van der Waals surface area contributed by atoms with Gasteiger partial charge in [-0.05, 0) is 25.5 Å². The smallest absolute Gasteiger partial charge is 0.240 e. The monoisotopic (exact) mass is 374 g/mol. The summed E-state index contributed by atoms with van der Waals surface area (Å²) in [7, 11) is 1.63. The third kappa shape index (κ3) is 3.91. The summed E-state index contributed by atoms with van der Waals surface area (Å²) in [6.45, 7) is 2.98. The van der Waals surface area contributed by atoms with Crippen molar-refractivity contribution >= 4 is 29.3 Å². The Morgan fingerprint density at radius 1 is 1.35 bits per heavy atom. The molecule has 1 aliphatic rings. The quantitative estimate of drug-likeness (QED) is 0.748. The number of nitrogens with one attached hydrogen (secondary N) is 1. The predicted octanol–water partition coefficient (Wildman–Crippen LogP) is 1.77. The summed E-state index contributed by atoms with van der Waals surface area (Å²) in [6, 6.07) is 9.78. The van der Waals surface area contributed by atoms with Gasteiger partial charge in [0.25, 0.3) is 0 Å². The van der Waals surface area contributed by atoms with Gasteiger partial charge in [-0.3, -0.25) is 14.5 Å². The van der Waals surface area contributed by atoms with Crippen LogP contribution in [0.3, 0.4) is 0 Å². The zero-order valence-electron chi connectivity index (χ0n) is 14.9. The van der Waals surface area contributed by atoms with Crippen LogP contribution in [0.1, 0.15) is 12.1 Å². The lowest BCUT2D eigenvalue weighted by Gasteiger charge is -2.26. The molecule has 0 saturated heterocycles. The number of para-hydroxylation sites is 1. The van der Waals surface area contributed by atoms with E-state index in [0.717, 1.165) is 28.5 Å². The van der Waals surface area contributed by atoms with E-state index in [1.807, 2.05) is 41.9 Å². The number of thioether (sulfide) groups is 1. The van der Waals surface area contributed by atoms with E-state index in [0.29, 0.717) is 18.9 Å². The maximum Gasteiger partial charge on any atom is 0.240 e. The molecule has 2 aromatic rings. The Balaban J connectivity index is 1.81. The lowest BCUT2D eigenvalue weighted by atomic mass is 10.3. The van der Waals surface area contributed by atoms with Crippen LogP contribution >= 0.6 is 11.8 Å². The van der Waals surface area contributed by atoms with E-state index in [1.54, 1.807) is 12.0 Å². The highest BCUT2D eigenvalue weighted by atomic mass is 32.2. The molecule has 0 spiro atoms. The van der Waals surface area contributed by atoms with Gasteiger partial charge in [-0.1, -0.05) is 30.0 Å². The first-order valence-electron chi connectivity index (χ1n) is 8.45. The van der Waals surface area contributed by atoms with Gasteiger partial charge < -0.3 is 10.1 Å². The molecule has 7 nitrogen and oxygen atoms in total. The molecule has 0 saturated carbocycles. The number of carbonyl (C=O) groups is 2. The summed E-state index contributed by atoms with van der Waals surface area (Å²) in [5.74, 6) is 0.0338. The minimum atomic E-state index is -0.181. The maximum absolute atomic E-state index is 12.4. The molecule has 0 bridgehead atoms. The van der Waals surface area contributed by atoms with Crippen molar-refractivity contribution in [2.45, 2.75) is 18.4 Å². The number of anilines is 1. The van der Waals surface area contributed by atoms with Crippen LogP contribution < -0.4 is 10.2 Å². The average Bonchev–Trinajstić information content (AvgIpc) is 2.99. The van der Waals surface area contributed by atoms with Crippen LogP contribution in [-0.4, -0.2) is 54.2 Å². The molecule has 8 heteroatoms. The Bertz CT molecular complexity index is 791. The molecule has 1 aliphatic heterocycles. The van der Waals surface area contributed by atoms with Gasteiger partial charge in [-0.2, -0.15) is 5.10 Å². The van der Waals surface area contributed by atoms with E-state index < -0.39 is 0 Å². The van der Waals surface area contributed by atoms with Crippen molar-refractivity contribution in [2.75, 3.05) is 37.5 Å². The largest absolute Gasteiger partial charge is 0.385 e. The van der Waals surface area contributed by atoms with Crippen molar-refractivity contribution in [1.29, 1.82) is 0 Å². The SMILES string of the molecule is COCCCNC(=O)CN1C(=O)CSc2c1c(C)nn2-c1ccccc1. The van der Waals surface area contributed by atoms with Crippen LogP contribution in [0.4, 0.5) is 5.69 Å². The summed E-state index contributed by atoms with van der Waals surface area (Å²) in [5.41, 5.74) is 2.39. The molecule has 138 valence electrons. The van der Waals surface area contributed by atoms with E-state index >= 15 is 0 Å². The highest BCUT2D eigenvalue weighted by Gasteiger charge is 2.32. The van der Waals surface area contributed by atoms with Gasteiger partial charge in [0.05, 0.1) is 22.8 Å². The van der Waals surface area contributed by atoms with Crippen LogP contribution in [-0.2, 0) is 14.3 Å². The third-order valence-corrected chi connectivity index (χ3v) is 5.07. The highest BCUT2D eigenvalue weighted by molar-refractivity contribution is 8.00. The van der Waals surface area contributed by atoms with Gasteiger partial charge in [0.15, 0.2) is 0 Å². The first-order valence-corrected chi connectivity index (χ1v) is 9.44. The van der Waals surface area contributed by atoms with Gasteiger partial charge in [0.1, 0.15) is 11.6 Å². The second-order valence-corrected chi connectivity index (χ2v) is 6.92. The van der Waals surface area contributed by atoms with E-state index in [-0.39, 0.29) is 18.4 Å². The Hall–Kier alpha value is -2.32. The van der Waals surface area contributed by atoms with Crippen molar-refractivity contribution < 1.29 is 14.3 Å². The maximum atomic E-state index is 12.4. The topological polar surface area (TPSA) is 76.5 Å². The molecule has 3 rings (SSSR count). The summed E-state index contributed by atoms with van der Waals surface area (Å²) in [6.07, 6.45) is 0.738. The van der Waals surface area contributed by atoms with Crippen molar-refractivity contribution in [1.82, 2.24) is 15.1 Å². The fourth-order valence-electron chi connectivity index (χ4n) is 2.83. The molecule has 1 N–H and O–H groups in total. The van der Waals surface area contributed by atoms with Crippen LogP contribution in [0.25, 0.3) is 5.69 Å². The van der Waals surface area contributed by atoms with Crippen molar-refractivity contribution in [3.63, 3.8) is 0 Å². The van der Waals surface area contributed by atoms with Gasteiger partial charge in [-0.15, -0.1) is 0 Å². The number of rotatable bonds is 7. The number of amides is 2. The van der Waals surface area contributed by atoms with Gasteiger partial charge >= 0.3 is 0 Å². The van der Waals surface area contributed by atoms with E-state index in [9.17, 15) is 9.59 Å². The molecule has 0 unspecified atom stereocenters. The molecular weight excluding hydrogens is 352 g/mol. The molecule has 26 heavy (non-hydrogen) atoms. The number of benzene rings is 1. The summed E-state index contributed by atoms with van der Waals surface area (Å²) < 4.78 is 6.81. The minimum Gasteiger partial charge on any atom is -0.385 e. The number of fused-ring (bicyclic) bond motifs is 1. The number of hydrogen-bond donors (Lipinski definition) is 1. The number of methoxy groups -OCH3 is 1. The summed E-state index contributed by atoms with van der Waals surface area (Å²) in [4.78, 5) is 26.2. The fourth-order valence-corrected chi connectivity index (χ4v) is 3.91. The number of aryl methyl sites for hydroxylation is 1. The number of carbonyl (C=O) groups excluding carboxylic acids is 2. The highest BCUT2D eigenvalue weighted by Crippen LogP contribution is 2.39. The lowest BCUT2D eigenvalue weighted by Crippen LogP contribution is -2.43. The molecule has 0 aliphatic carbocycles. The van der Waals surface area contributed by atoms with Gasteiger partial charge in [0, 0.05) is 20.3 Å². The minimum absolute atomic E-state index is 0.000693. The number of aromatic nitrogens is 2. The zero-order valence-corrected chi connectivity index (χ0v) is 15.7. The molecule has 2 amide bonds. The second kappa shape index (κ2) is 8.37. The van der Waals surface area contributed by atoms with E-state index in [4.69, 9.17) is 4.74 Å². The van der Waals surface area contributed by atoms with Crippen LogP contribution in [0, 0.1) is 6.92 Å². The Morgan fingerprint density at radius 3 is 2.85 bits per heavy atom. The Kier molecular flexibility index (Phi) is 5.95. The lowest BCUT2D eigenvalue weighted by molar-refractivity contribution is -0.123. The van der Waals surface area contributed by atoms with Gasteiger partial charge in [-0.25, -0.2) is 4.68 Å². The van der Waals surface area contributed by atoms with Crippen LogP contribution in [0.5, 0.6) is 0 Å². The molecule has 0 atom stereocenters. The van der Waals surface area contributed by atoms with Crippen molar-refractivity contribution in [3.05, 3.63) is 36.0 Å². The number of nitrogens with zero attached hydrogens (tertiary/aromatic N) is 3. The Labute approximate surface area is 156 Å². The molecule has 1 aromatic carbocycles. The third-order valence-electron chi connectivity index (χ3n) is 4.04. The van der Waals surface area contributed by atoms with Crippen LogP contribution in [0.15, 0.2) is 35.4 Å². The second-order valence-electron chi connectivity index (χ2n) is 5.95. The standard InChI is InChI=1S/C18H22N4O3S/c1-13-17-18(22(20-13)14-7-4-3-5-8-14)26-12-16(24)21(17)11-15(23)19-9-6-10-25-2/h3-5,7-8H,6,9-12H2,1-2H3,(H,19,23). The molecule has 0 fully saturated rings. The average molecular weight is 374 g/mol. The fraction of sp³-hybridized carbons (Fsp3) is 0.389. The predicted molar refractivity (Wildman–Crippen MR) is 101 cm³/mol. The van der Waals surface area contributed by atoms with E-state index in [1.165, 1.54) is 11.8 Å². The number of ether oxygens (including phenoxy) is 1. The molecule has 2 heterocycles. The van der Waals surface area contributed by atoms with Crippen molar-refractivity contribution in [3.8, 4) is 5.69 Å². The molecule has 0 radical (unpaired) electrons. The molecule has 1 aromatic heterocycles. The number of hydrogen-bond acceptors (Lipinski definition) is 5. The first kappa shape index (κ1) is 18.5. The summed E-state index contributed by atoms with van der Waals surface area (Å²) >= 11 is 1.46. The van der Waals surface area contributed by atoms with Gasteiger partial charge in [0.2, 0.25) is 11.8 Å². The zero-order chi connectivity index (χ0) is 18.5. The molecular formula is C18H22N4O3S. The first-order chi connectivity index (χ1) is 12.6. The normalized spacial score (nSPS) is 13.6.